The van der Waals surface area contributed by atoms with Crippen molar-refractivity contribution in [1.29, 1.82) is 0 Å². The number of imidazole rings is 1. The Kier molecular flexibility index (Phi) is 8.22. The second kappa shape index (κ2) is 12.6. The molecule has 1 atom stereocenters. The first-order chi connectivity index (χ1) is 21.9. The van der Waals surface area contributed by atoms with E-state index < -0.39 is 11.8 Å². The number of hydrogen-bond acceptors (Lipinski definition) is 7. The largest absolute Gasteiger partial charge is 0.478 e. The monoisotopic (exact) mass is 630 g/mol. The molecule has 0 bridgehead atoms. The summed E-state index contributed by atoms with van der Waals surface area (Å²) in [5, 5.41) is 16.7. The summed E-state index contributed by atoms with van der Waals surface area (Å²) in [7, 11) is 0. The Morgan fingerprint density at radius 2 is 1.96 bits per heavy atom. The number of likely N-dealkylation sites (tertiary alicyclic amines) is 1. The number of piperidine rings is 1. The van der Waals surface area contributed by atoms with Gasteiger partial charge < -0.3 is 19.1 Å². The fourth-order valence-corrected chi connectivity index (χ4v) is 6.23. The average molecular weight is 631 g/mol. The van der Waals surface area contributed by atoms with E-state index in [1.807, 2.05) is 30.3 Å². The van der Waals surface area contributed by atoms with Crippen molar-refractivity contribution in [3.63, 3.8) is 0 Å². The molecule has 2 aromatic carbocycles. The van der Waals surface area contributed by atoms with Crippen molar-refractivity contribution in [1.82, 2.24) is 29.6 Å². The zero-order valence-electron chi connectivity index (χ0n) is 24.5. The number of aromatic carboxylic acids is 1. The van der Waals surface area contributed by atoms with Crippen molar-refractivity contribution in [3.8, 4) is 17.1 Å². The predicted octanol–water partition coefficient (Wildman–Crippen LogP) is 6.06. The van der Waals surface area contributed by atoms with Gasteiger partial charge in [-0.25, -0.2) is 19.2 Å². The Morgan fingerprint density at radius 1 is 1.11 bits per heavy atom. The van der Waals surface area contributed by atoms with E-state index in [2.05, 4.69) is 19.7 Å². The van der Waals surface area contributed by atoms with Gasteiger partial charge in [0.2, 0.25) is 5.88 Å². The van der Waals surface area contributed by atoms with Gasteiger partial charge in [0.1, 0.15) is 23.8 Å². The van der Waals surface area contributed by atoms with E-state index in [4.69, 9.17) is 31.0 Å². The number of fused-ring (bicyclic) bond motifs is 1. The summed E-state index contributed by atoms with van der Waals surface area (Å²) in [4.78, 5) is 23.9. The van der Waals surface area contributed by atoms with Crippen molar-refractivity contribution < 1.29 is 23.8 Å². The first-order valence-corrected chi connectivity index (χ1v) is 15.4. The highest BCUT2D eigenvalue weighted by molar-refractivity contribution is 6.30. The molecule has 12 heteroatoms. The lowest BCUT2D eigenvalue weighted by Crippen LogP contribution is -2.35. The summed E-state index contributed by atoms with van der Waals surface area (Å²) in [5.41, 5.74) is 4.53. The number of aromatic nitrogens is 5. The number of pyridine rings is 1. The highest BCUT2D eigenvalue weighted by atomic mass is 35.5. The Labute approximate surface area is 263 Å². The molecule has 0 aliphatic carbocycles. The lowest BCUT2D eigenvalue weighted by molar-refractivity contribution is -0.0592. The molecule has 2 aliphatic heterocycles. The van der Waals surface area contributed by atoms with Crippen molar-refractivity contribution in [2.45, 2.75) is 51.0 Å². The molecule has 5 heterocycles. The lowest BCUT2D eigenvalue weighted by Gasteiger charge is -2.32. The number of carboxylic acids is 1. The van der Waals surface area contributed by atoms with Crippen molar-refractivity contribution >= 4 is 28.6 Å². The number of carboxylic acid groups (broad SMARTS) is 1. The summed E-state index contributed by atoms with van der Waals surface area (Å²) >= 11 is 5.86. The minimum absolute atomic E-state index is 0.0783. The number of hydrogen-bond donors (Lipinski definition) is 2. The van der Waals surface area contributed by atoms with Crippen LogP contribution in [0.5, 0.6) is 5.88 Å². The smallest absolute Gasteiger partial charge is 0.339 e. The molecule has 7 rings (SSSR count). The Morgan fingerprint density at radius 3 is 2.71 bits per heavy atom. The van der Waals surface area contributed by atoms with Gasteiger partial charge in [-0.3, -0.25) is 10.00 Å². The summed E-state index contributed by atoms with van der Waals surface area (Å²) in [6, 6.07) is 16.1. The molecule has 2 aliphatic rings. The Hall–Kier alpha value is -4.32. The van der Waals surface area contributed by atoms with Crippen LogP contribution in [0, 0.1) is 5.82 Å². The SMILES string of the molecule is O=C(O)c1cn[nH]c1-c1ccc2c(c1)nc(CN1CCC(c3cccc(OCc4ccc(Cl)cc4F)n3)CC1)n2CC1CCO1. The second-order valence-electron chi connectivity index (χ2n) is 11.6. The predicted molar refractivity (Wildman–Crippen MR) is 166 cm³/mol. The summed E-state index contributed by atoms with van der Waals surface area (Å²) in [6.07, 6.45) is 4.38. The first kappa shape index (κ1) is 29.4. The second-order valence-corrected chi connectivity index (χ2v) is 12.0. The van der Waals surface area contributed by atoms with E-state index in [9.17, 15) is 14.3 Å². The average Bonchev–Trinajstić information content (AvgIpc) is 3.64. The molecular weight excluding hydrogens is 599 g/mol. The zero-order valence-corrected chi connectivity index (χ0v) is 25.2. The maximum Gasteiger partial charge on any atom is 0.339 e. The third kappa shape index (κ3) is 6.28. The van der Waals surface area contributed by atoms with Crippen molar-refractivity contribution in [2.24, 2.45) is 0 Å². The molecule has 2 N–H and O–H groups in total. The normalized spacial score (nSPS) is 17.4. The first-order valence-electron chi connectivity index (χ1n) is 15.0. The Balaban J connectivity index is 1.04. The van der Waals surface area contributed by atoms with Crippen molar-refractivity contribution in [3.05, 3.63) is 94.3 Å². The van der Waals surface area contributed by atoms with Gasteiger partial charge in [-0.1, -0.05) is 29.8 Å². The fourth-order valence-electron chi connectivity index (χ4n) is 6.08. The van der Waals surface area contributed by atoms with Crippen LogP contribution in [-0.4, -0.2) is 66.5 Å². The van der Waals surface area contributed by atoms with Crippen LogP contribution >= 0.6 is 11.6 Å². The van der Waals surface area contributed by atoms with Gasteiger partial charge in [-0.05, 0) is 62.7 Å². The van der Waals surface area contributed by atoms with Crippen molar-refractivity contribution in [2.75, 3.05) is 19.7 Å². The molecule has 45 heavy (non-hydrogen) atoms. The molecule has 10 nitrogen and oxygen atoms in total. The summed E-state index contributed by atoms with van der Waals surface area (Å²) < 4.78 is 28.0. The van der Waals surface area contributed by atoms with E-state index in [1.54, 1.807) is 18.2 Å². The highest BCUT2D eigenvalue weighted by Crippen LogP contribution is 2.31. The van der Waals surface area contributed by atoms with Crippen LogP contribution in [0.4, 0.5) is 4.39 Å². The molecule has 2 fully saturated rings. The number of nitrogens with one attached hydrogen (secondary N) is 1. The van der Waals surface area contributed by atoms with Gasteiger partial charge in [0.05, 0.1) is 42.1 Å². The Bertz CT molecular complexity index is 1850. The molecule has 0 radical (unpaired) electrons. The minimum atomic E-state index is -1.03. The van der Waals surface area contributed by atoms with Crippen LogP contribution in [0.3, 0.4) is 0 Å². The third-order valence-corrected chi connectivity index (χ3v) is 8.91. The van der Waals surface area contributed by atoms with E-state index in [0.29, 0.717) is 34.6 Å². The summed E-state index contributed by atoms with van der Waals surface area (Å²) in [6.45, 7) is 4.05. The quantitative estimate of drug-likeness (QED) is 0.191. The van der Waals surface area contributed by atoms with Gasteiger partial charge in [0.25, 0.3) is 0 Å². The maximum absolute atomic E-state index is 14.2. The fraction of sp³-hybridized carbons (Fsp3) is 0.333. The van der Waals surface area contributed by atoms with Crippen LogP contribution < -0.4 is 4.74 Å². The van der Waals surface area contributed by atoms with Crippen LogP contribution in [0.2, 0.25) is 5.02 Å². The highest BCUT2D eigenvalue weighted by Gasteiger charge is 2.26. The van der Waals surface area contributed by atoms with Gasteiger partial charge in [-0.2, -0.15) is 5.10 Å². The third-order valence-electron chi connectivity index (χ3n) is 8.67. The molecule has 232 valence electrons. The standard InChI is InChI=1S/C33H32ClFN6O4/c34-23-6-4-22(26(35)15-23)19-45-31-3-1-2-27(38-31)20-8-11-40(12-9-20)18-30-37-28-14-21(32-25(33(42)43)16-36-39-32)5-7-29(28)41(30)17-24-10-13-44-24/h1-7,14-16,20,24H,8-13,17-19H2,(H,36,39)(H,42,43). The van der Waals surface area contributed by atoms with E-state index in [1.165, 1.54) is 12.3 Å². The summed E-state index contributed by atoms with van der Waals surface area (Å²) in [5.74, 6) is 0.298. The van der Waals surface area contributed by atoms with Gasteiger partial charge in [0.15, 0.2) is 0 Å². The van der Waals surface area contributed by atoms with E-state index in [0.717, 1.165) is 73.6 Å². The van der Waals surface area contributed by atoms with Crippen LogP contribution in [0.25, 0.3) is 22.3 Å². The van der Waals surface area contributed by atoms with Gasteiger partial charge in [0, 0.05) is 40.4 Å². The van der Waals surface area contributed by atoms with Crippen LogP contribution in [-0.2, 0) is 24.4 Å². The maximum atomic E-state index is 14.2. The molecule has 2 saturated heterocycles. The molecule has 3 aromatic heterocycles. The number of halogens is 2. The van der Waals surface area contributed by atoms with Crippen LogP contribution in [0.15, 0.2) is 60.8 Å². The number of ether oxygens (including phenoxy) is 2. The minimum Gasteiger partial charge on any atom is -0.478 e. The number of rotatable bonds is 10. The number of carbonyl (C=O) groups is 1. The van der Waals surface area contributed by atoms with E-state index >= 15 is 0 Å². The van der Waals surface area contributed by atoms with E-state index in [-0.39, 0.29) is 18.3 Å². The molecule has 5 aromatic rings. The van der Waals surface area contributed by atoms with Crippen LogP contribution in [0.1, 0.15) is 52.6 Å². The molecule has 1 unspecified atom stereocenters. The molecule has 0 saturated carbocycles. The van der Waals surface area contributed by atoms with Gasteiger partial charge in [-0.15, -0.1) is 0 Å². The van der Waals surface area contributed by atoms with Gasteiger partial charge >= 0.3 is 5.97 Å². The topological polar surface area (TPSA) is 118 Å². The number of H-pyrrole nitrogens is 1. The molecule has 0 amide bonds. The number of nitrogens with zero attached hydrogens (tertiary/aromatic N) is 5. The number of aromatic amines is 1. The molecule has 0 spiro atoms. The lowest BCUT2D eigenvalue weighted by atomic mass is 9.93. The zero-order chi connectivity index (χ0) is 30.9. The number of benzene rings is 2. The molecular formula is C33H32ClFN6O4.